The minimum atomic E-state index is -0.409. The predicted molar refractivity (Wildman–Crippen MR) is 102 cm³/mol. The van der Waals surface area contributed by atoms with E-state index in [2.05, 4.69) is 0 Å². The zero-order valence-electron chi connectivity index (χ0n) is 12.0. The standard InChI is InChI=1S/2C8H5Cl3O/c2*9-6-2-1-5(3-7(6)10)4-8(11)12/h2*1-3H,4H2. The van der Waals surface area contributed by atoms with Crippen LogP contribution in [-0.4, -0.2) is 10.5 Å². The molecule has 0 N–H and O–H groups in total. The molecule has 0 aliphatic heterocycles. The van der Waals surface area contributed by atoms with Gasteiger partial charge in [-0.25, -0.2) is 0 Å². The van der Waals surface area contributed by atoms with Crippen LogP contribution in [0.15, 0.2) is 36.4 Å². The van der Waals surface area contributed by atoms with Gasteiger partial charge in [-0.2, -0.15) is 0 Å². The third-order valence-electron chi connectivity index (χ3n) is 2.65. The Bertz CT molecular complexity index is 682. The van der Waals surface area contributed by atoms with Crippen LogP contribution in [0.5, 0.6) is 0 Å². The van der Waals surface area contributed by atoms with E-state index in [0.29, 0.717) is 20.1 Å². The Kier molecular flexibility index (Phi) is 9.43. The molecule has 0 spiro atoms. The van der Waals surface area contributed by atoms with E-state index in [1.54, 1.807) is 36.4 Å². The molecule has 0 atom stereocenters. The Labute approximate surface area is 169 Å². The zero-order valence-corrected chi connectivity index (χ0v) is 16.5. The second-order valence-corrected chi connectivity index (χ2v) is 7.03. The maximum absolute atomic E-state index is 10.5. The van der Waals surface area contributed by atoms with Crippen LogP contribution < -0.4 is 0 Å². The second kappa shape index (κ2) is 10.5. The summed E-state index contributed by atoms with van der Waals surface area (Å²) >= 11 is 33.1. The van der Waals surface area contributed by atoms with Crippen LogP contribution in [-0.2, 0) is 22.4 Å². The van der Waals surface area contributed by atoms with E-state index < -0.39 is 10.5 Å². The number of carbonyl (C=O) groups is 2. The summed E-state index contributed by atoms with van der Waals surface area (Å²) < 4.78 is 0. The highest BCUT2D eigenvalue weighted by molar-refractivity contribution is 6.64. The molecule has 8 heteroatoms. The fourth-order valence-corrected chi connectivity index (χ4v) is 2.57. The number of hydrogen-bond acceptors (Lipinski definition) is 2. The van der Waals surface area contributed by atoms with Gasteiger partial charge in [0.2, 0.25) is 10.5 Å². The lowest BCUT2D eigenvalue weighted by atomic mass is 10.2. The lowest BCUT2D eigenvalue weighted by Crippen LogP contribution is -1.92. The molecule has 0 aromatic heterocycles. The fraction of sp³-hybridized carbons (Fsp3) is 0.125. The minimum absolute atomic E-state index is 0.179. The van der Waals surface area contributed by atoms with Crippen molar-refractivity contribution in [2.75, 3.05) is 0 Å². The third-order valence-corrected chi connectivity index (χ3v) is 4.40. The Morgan fingerprint density at radius 2 is 0.958 bits per heavy atom. The van der Waals surface area contributed by atoms with Crippen LogP contribution in [0, 0.1) is 0 Å². The van der Waals surface area contributed by atoms with Crippen molar-refractivity contribution in [1.29, 1.82) is 0 Å². The lowest BCUT2D eigenvalue weighted by Gasteiger charge is -1.98. The van der Waals surface area contributed by atoms with Gasteiger partial charge in [0.25, 0.3) is 0 Å². The summed E-state index contributed by atoms with van der Waals surface area (Å²) in [4.78, 5) is 21.0. The normalized spacial score (nSPS) is 9.92. The number of carbonyl (C=O) groups excluding carboxylic acids is 2. The highest BCUT2D eigenvalue weighted by atomic mass is 35.5. The zero-order chi connectivity index (χ0) is 18.3. The molecular weight excluding hydrogens is 437 g/mol. The molecule has 24 heavy (non-hydrogen) atoms. The minimum Gasteiger partial charge on any atom is -0.281 e. The average molecular weight is 447 g/mol. The van der Waals surface area contributed by atoms with E-state index in [9.17, 15) is 9.59 Å². The van der Waals surface area contributed by atoms with Crippen molar-refractivity contribution < 1.29 is 9.59 Å². The summed E-state index contributed by atoms with van der Waals surface area (Å²) in [5.41, 5.74) is 1.54. The van der Waals surface area contributed by atoms with E-state index in [1.165, 1.54) is 0 Å². The highest BCUT2D eigenvalue weighted by Crippen LogP contribution is 2.23. The Hall–Kier alpha value is -0.480. The summed E-state index contributed by atoms with van der Waals surface area (Å²) in [5.74, 6) is 0. The topological polar surface area (TPSA) is 34.1 Å². The van der Waals surface area contributed by atoms with Gasteiger partial charge in [0, 0.05) is 12.8 Å². The van der Waals surface area contributed by atoms with Crippen LogP contribution in [0.1, 0.15) is 11.1 Å². The molecule has 0 saturated carbocycles. The molecule has 0 aliphatic rings. The summed E-state index contributed by atoms with van der Waals surface area (Å²) in [7, 11) is 0. The van der Waals surface area contributed by atoms with Crippen molar-refractivity contribution in [3.63, 3.8) is 0 Å². The second-order valence-electron chi connectivity index (χ2n) is 4.56. The van der Waals surface area contributed by atoms with Gasteiger partial charge in [-0.15, -0.1) is 0 Å². The summed E-state index contributed by atoms with van der Waals surface area (Å²) in [5, 5.41) is 1.01. The van der Waals surface area contributed by atoms with Crippen molar-refractivity contribution in [2.24, 2.45) is 0 Å². The predicted octanol–water partition coefficient (Wildman–Crippen LogP) is 6.60. The van der Waals surface area contributed by atoms with Crippen LogP contribution in [0.4, 0.5) is 0 Å². The molecule has 0 unspecified atom stereocenters. The monoisotopic (exact) mass is 444 g/mol. The molecule has 2 aromatic carbocycles. The van der Waals surface area contributed by atoms with E-state index in [0.717, 1.165) is 11.1 Å². The number of rotatable bonds is 4. The van der Waals surface area contributed by atoms with Gasteiger partial charge in [0.1, 0.15) is 0 Å². The molecule has 0 fully saturated rings. The molecule has 0 radical (unpaired) electrons. The van der Waals surface area contributed by atoms with E-state index >= 15 is 0 Å². The smallest absolute Gasteiger partial charge is 0.226 e. The number of benzene rings is 2. The fourth-order valence-electron chi connectivity index (χ4n) is 1.62. The number of hydrogen-bond donors (Lipinski definition) is 0. The maximum Gasteiger partial charge on any atom is 0.226 e. The van der Waals surface area contributed by atoms with Gasteiger partial charge < -0.3 is 0 Å². The first-order chi connectivity index (χ1) is 11.2. The Morgan fingerprint density at radius 3 is 1.21 bits per heavy atom. The first-order valence-corrected chi connectivity index (χ1v) is 8.70. The van der Waals surface area contributed by atoms with Gasteiger partial charge in [-0.3, -0.25) is 9.59 Å². The van der Waals surface area contributed by atoms with Crippen LogP contribution in [0.3, 0.4) is 0 Å². The van der Waals surface area contributed by atoms with Crippen molar-refractivity contribution in [2.45, 2.75) is 12.8 Å². The Balaban J connectivity index is 0.000000240. The van der Waals surface area contributed by atoms with Crippen LogP contribution >= 0.6 is 69.6 Å². The third kappa shape index (κ3) is 8.06. The SMILES string of the molecule is O=C(Cl)Cc1ccc(Cl)c(Cl)c1.O=C(Cl)Cc1ccc(Cl)c(Cl)c1. The van der Waals surface area contributed by atoms with Crippen molar-refractivity contribution in [3.8, 4) is 0 Å². The molecule has 0 aliphatic carbocycles. The lowest BCUT2D eigenvalue weighted by molar-refractivity contribution is -0.111. The van der Waals surface area contributed by atoms with Gasteiger partial charge in [0.05, 0.1) is 20.1 Å². The Morgan fingerprint density at radius 1 is 0.625 bits per heavy atom. The van der Waals surface area contributed by atoms with E-state index in [1.807, 2.05) is 0 Å². The summed E-state index contributed by atoms with van der Waals surface area (Å²) in [6.07, 6.45) is 0.358. The first kappa shape index (κ1) is 21.6. The van der Waals surface area contributed by atoms with Crippen molar-refractivity contribution in [1.82, 2.24) is 0 Å². The van der Waals surface area contributed by atoms with Gasteiger partial charge in [-0.05, 0) is 58.6 Å². The molecule has 2 nitrogen and oxygen atoms in total. The van der Waals surface area contributed by atoms with Crippen LogP contribution in [0.2, 0.25) is 20.1 Å². The molecule has 0 bridgehead atoms. The molecule has 2 aromatic rings. The molecule has 0 heterocycles. The van der Waals surface area contributed by atoms with Gasteiger partial charge >= 0.3 is 0 Å². The maximum atomic E-state index is 10.5. The van der Waals surface area contributed by atoms with Crippen molar-refractivity contribution >= 4 is 80.1 Å². The molecule has 128 valence electrons. The molecular formula is C16H10Cl6O2. The molecule has 2 rings (SSSR count). The highest BCUT2D eigenvalue weighted by Gasteiger charge is 2.03. The van der Waals surface area contributed by atoms with E-state index in [4.69, 9.17) is 69.6 Å². The van der Waals surface area contributed by atoms with Crippen molar-refractivity contribution in [3.05, 3.63) is 67.6 Å². The quantitative estimate of drug-likeness (QED) is 0.495. The molecule has 0 saturated heterocycles. The summed E-state index contributed by atoms with van der Waals surface area (Å²) in [6, 6.07) is 9.97. The summed E-state index contributed by atoms with van der Waals surface area (Å²) in [6.45, 7) is 0. The van der Waals surface area contributed by atoms with Gasteiger partial charge in [0.15, 0.2) is 0 Å². The average Bonchev–Trinajstić information content (AvgIpc) is 2.46. The van der Waals surface area contributed by atoms with E-state index in [-0.39, 0.29) is 12.8 Å². The molecule has 0 amide bonds. The van der Waals surface area contributed by atoms with Crippen LogP contribution in [0.25, 0.3) is 0 Å². The first-order valence-electron chi connectivity index (χ1n) is 6.43. The van der Waals surface area contributed by atoms with Gasteiger partial charge in [-0.1, -0.05) is 58.5 Å². The number of halogens is 6. The largest absolute Gasteiger partial charge is 0.281 e.